The Hall–Kier alpha value is -4.42. The molecule has 3 aliphatic rings. The van der Waals surface area contributed by atoms with Gasteiger partial charge in [-0.25, -0.2) is 0 Å². The lowest BCUT2D eigenvalue weighted by Crippen LogP contribution is -2.63. The molecule has 0 fully saturated rings. The molecule has 0 saturated heterocycles. The van der Waals surface area contributed by atoms with Gasteiger partial charge in [0.05, 0.1) is 11.6 Å². The number of furan rings is 1. The zero-order valence-corrected chi connectivity index (χ0v) is 21.3. The minimum Gasteiger partial charge on any atom is -0.510 e. The van der Waals surface area contributed by atoms with Crippen LogP contribution in [0, 0.1) is 11.8 Å². The first-order valence-corrected chi connectivity index (χ1v) is 12.1. The standard InChI is InChI=1S/C27H27N3O9/c1-30(2)21-15-9-11-8-14-13(17-7-4-12(39-17)10-29-38-3)5-6-16(31)19(14)22(32)18(11)24(34)27(15,37)25(35)20(23(21)33)26(28)36/h4-7,10-11,15,21,31,33-34,37H,8-9H2,1-3H3,(H2,28,36)/b29-10+/t11-,15-,21-,27-/m0/s1. The Morgan fingerprint density at radius 2 is 1.92 bits per heavy atom. The maximum Gasteiger partial charge on any atom is 0.255 e. The van der Waals surface area contributed by atoms with Crippen LogP contribution in [0.4, 0.5) is 0 Å². The molecule has 5 rings (SSSR count). The number of aliphatic hydroxyl groups is 3. The third kappa shape index (κ3) is 3.67. The minimum atomic E-state index is -2.69. The van der Waals surface area contributed by atoms with E-state index in [-0.39, 0.29) is 29.7 Å². The Balaban J connectivity index is 1.68. The number of Topliss-reactive ketones (excluding diaryl/α,β-unsaturated/α-hetero) is 2. The van der Waals surface area contributed by atoms with Crippen molar-refractivity contribution in [2.75, 3.05) is 21.2 Å². The number of nitrogens with zero attached hydrogens (tertiary/aromatic N) is 2. The largest absolute Gasteiger partial charge is 0.510 e. The molecule has 3 aliphatic carbocycles. The van der Waals surface area contributed by atoms with Gasteiger partial charge >= 0.3 is 0 Å². The number of primary amides is 1. The number of phenolic OH excluding ortho intramolecular Hbond substituents is 1. The second kappa shape index (κ2) is 9.10. The van der Waals surface area contributed by atoms with Crippen molar-refractivity contribution in [2.45, 2.75) is 24.5 Å². The van der Waals surface area contributed by atoms with Crippen molar-refractivity contribution >= 4 is 23.7 Å². The summed E-state index contributed by atoms with van der Waals surface area (Å²) in [4.78, 5) is 45.4. The molecule has 0 spiro atoms. The third-order valence-corrected chi connectivity index (χ3v) is 7.78. The molecule has 39 heavy (non-hydrogen) atoms. The van der Waals surface area contributed by atoms with E-state index in [0.717, 1.165) is 0 Å². The van der Waals surface area contributed by atoms with E-state index in [2.05, 4.69) is 9.99 Å². The molecule has 2 aromatic rings. The molecular weight excluding hydrogens is 510 g/mol. The highest BCUT2D eigenvalue weighted by Crippen LogP contribution is 2.53. The molecule has 204 valence electrons. The summed E-state index contributed by atoms with van der Waals surface area (Å²) < 4.78 is 5.83. The van der Waals surface area contributed by atoms with E-state index in [1.54, 1.807) is 32.3 Å². The van der Waals surface area contributed by atoms with Crippen LogP contribution < -0.4 is 5.73 Å². The van der Waals surface area contributed by atoms with Crippen LogP contribution in [0.3, 0.4) is 0 Å². The van der Waals surface area contributed by atoms with E-state index in [0.29, 0.717) is 22.6 Å². The van der Waals surface area contributed by atoms with E-state index < -0.39 is 58.0 Å². The number of nitrogens with two attached hydrogens (primary N) is 1. The molecule has 12 heteroatoms. The van der Waals surface area contributed by atoms with Crippen molar-refractivity contribution in [3.63, 3.8) is 0 Å². The van der Waals surface area contributed by atoms with E-state index in [1.165, 1.54) is 24.3 Å². The first-order chi connectivity index (χ1) is 18.4. The number of ketones is 2. The summed E-state index contributed by atoms with van der Waals surface area (Å²) in [7, 11) is 4.54. The zero-order valence-electron chi connectivity index (χ0n) is 21.3. The number of aliphatic hydroxyl groups excluding tert-OH is 2. The van der Waals surface area contributed by atoms with Crippen LogP contribution in [0.1, 0.15) is 28.1 Å². The first-order valence-electron chi connectivity index (χ1n) is 12.1. The smallest absolute Gasteiger partial charge is 0.255 e. The number of fused-ring (bicyclic) bond motifs is 3. The second-order valence-corrected chi connectivity index (χ2v) is 10.1. The summed E-state index contributed by atoms with van der Waals surface area (Å²) >= 11 is 0. The fourth-order valence-electron chi connectivity index (χ4n) is 6.15. The lowest BCUT2D eigenvalue weighted by molar-refractivity contribution is -0.148. The van der Waals surface area contributed by atoms with Crippen LogP contribution in [0.2, 0.25) is 0 Å². The van der Waals surface area contributed by atoms with E-state index >= 15 is 0 Å². The van der Waals surface area contributed by atoms with Gasteiger partial charge in [-0.15, -0.1) is 0 Å². The summed E-state index contributed by atoms with van der Waals surface area (Å²) in [5.41, 5.74) is 2.47. The number of carbonyl (C=O) groups excluding carboxylic acids is 3. The van der Waals surface area contributed by atoms with Crippen LogP contribution in [-0.2, 0) is 20.8 Å². The lowest BCUT2D eigenvalue weighted by atomic mass is 9.58. The highest BCUT2D eigenvalue weighted by Gasteiger charge is 2.63. The van der Waals surface area contributed by atoms with Gasteiger partial charge in [-0.3, -0.25) is 19.3 Å². The molecule has 1 amide bonds. The van der Waals surface area contributed by atoms with E-state index in [1.807, 2.05) is 0 Å². The average molecular weight is 538 g/mol. The van der Waals surface area contributed by atoms with Gasteiger partial charge in [0.25, 0.3) is 5.91 Å². The van der Waals surface area contributed by atoms with Gasteiger partial charge in [0, 0.05) is 17.1 Å². The van der Waals surface area contributed by atoms with Crippen LogP contribution in [0.5, 0.6) is 5.75 Å². The monoisotopic (exact) mass is 537 g/mol. The molecule has 0 unspecified atom stereocenters. The number of hydrogen-bond acceptors (Lipinski definition) is 11. The van der Waals surface area contributed by atoms with Gasteiger partial charge in [-0.05, 0) is 62.7 Å². The van der Waals surface area contributed by atoms with E-state index in [9.17, 15) is 34.8 Å². The van der Waals surface area contributed by atoms with E-state index in [4.69, 9.17) is 10.2 Å². The van der Waals surface area contributed by atoms with Crippen molar-refractivity contribution < 1.29 is 44.1 Å². The lowest BCUT2D eigenvalue weighted by Gasteiger charge is -2.50. The Labute approximate surface area is 222 Å². The second-order valence-electron chi connectivity index (χ2n) is 10.1. The van der Waals surface area contributed by atoms with Crippen molar-refractivity contribution in [2.24, 2.45) is 22.7 Å². The molecule has 1 heterocycles. The number of benzene rings is 1. The number of likely N-dealkylation sites (N-methyl/N-ethyl adjacent to an activating group) is 1. The van der Waals surface area contributed by atoms with Crippen molar-refractivity contribution in [3.05, 3.63) is 63.8 Å². The molecule has 6 N–H and O–H groups in total. The summed E-state index contributed by atoms with van der Waals surface area (Å²) in [6.07, 6.45) is 1.50. The highest BCUT2D eigenvalue weighted by molar-refractivity contribution is 6.24. The molecule has 1 aromatic heterocycles. The zero-order chi connectivity index (χ0) is 28.4. The van der Waals surface area contributed by atoms with Gasteiger partial charge in [0.2, 0.25) is 5.78 Å². The topological polar surface area (TPSA) is 196 Å². The number of phenols is 1. The highest BCUT2D eigenvalue weighted by atomic mass is 16.6. The van der Waals surface area contributed by atoms with Crippen molar-refractivity contribution in [3.8, 4) is 17.1 Å². The number of aromatic hydroxyl groups is 1. The summed E-state index contributed by atoms with van der Waals surface area (Å²) in [5.74, 6) is -6.23. The normalized spacial score (nSPS) is 26.6. The van der Waals surface area contributed by atoms with Crippen LogP contribution in [0.15, 0.2) is 56.5 Å². The van der Waals surface area contributed by atoms with Crippen LogP contribution in [-0.4, -0.2) is 81.9 Å². The average Bonchev–Trinajstić information content (AvgIpc) is 3.33. The Bertz CT molecular complexity index is 1520. The maximum absolute atomic E-state index is 13.8. The molecule has 0 bridgehead atoms. The van der Waals surface area contributed by atoms with Gasteiger partial charge in [0.1, 0.15) is 47.7 Å². The predicted molar refractivity (Wildman–Crippen MR) is 136 cm³/mol. The number of rotatable bonds is 5. The maximum atomic E-state index is 13.8. The number of hydrogen-bond donors (Lipinski definition) is 5. The molecule has 1 aromatic carbocycles. The molecule has 12 nitrogen and oxygen atoms in total. The number of oxime groups is 1. The Kier molecular flexibility index (Phi) is 6.11. The van der Waals surface area contributed by atoms with Gasteiger partial charge in [-0.2, -0.15) is 0 Å². The summed E-state index contributed by atoms with van der Waals surface area (Å²) in [6, 6.07) is 5.18. The van der Waals surface area contributed by atoms with Crippen LogP contribution in [0.25, 0.3) is 11.3 Å². The van der Waals surface area contributed by atoms with Gasteiger partial charge in [-0.1, -0.05) is 5.16 Å². The Morgan fingerprint density at radius 3 is 2.56 bits per heavy atom. The first kappa shape index (κ1) is 26.2. The number of allylic oxidation sites excluding steroid dienone is 1. The van der Waals surface area contributed by atoms with Crippen molar-refractivity contribution in [1.29, 1.82) is 0 Å². The van der Waals surface area contributed by atoms with Crippen LogP contribution >= 0.6 is 0 Å². The molecule has 0 aliphatic heterocycles. The molecule has 0 saturated carbocycles. The minimum absolute atomic E-state index is 0.00917. The Morgan fingerprint density at radius 1 is 1.21 bits per heavy atom. The summed E-state index contributed by atoms with van der Waals surface area (Å²) in [6.45, 7) is 0. The molecular formula is C27H27N3O9. The predicted octanol–water partition coefficient (Wildman–Crippen LogP) is 1.36. The number of carbonyl (C=O) groups is 3. The SMILES string of the molecule is CO/N=C/c1ccc(-c2ccc(O)c3c2C[C@H]2C[C@H]4[C@H](N(C)C)C(O)=C(C(N)=O)C(=O)[C@@]4(O)C(O)=C2C3=O)o1. The summed E-state index contributed by atoms with van der Waals surface area (Å²) in [5, 5.41) is 48.2. The fraction of sp³-hybridized carbons (Fsp3) is 0.333. The van der Waals surface area contributed by atoms with Gasteiger partial charge in [0.15, 0.2) is 11.4 Å². The fourth-order valence-corrected chi connectivity index (χ4v) is 6.15. The van der Waals surface area contributed by atoms with Gasteiger partial charge < -0.3 is 35.4 Å². The molecule has 4 atom stereocenters. The quantitative estimate of drug-likeness (QED) is 0.211. The third-order valence-electron chi connectivity index (χ3n) is 7.78. The molecule has 0 radical (unpaired) electrons. The number of amides is 1. The van der Waals surface area contributed by atoms with Crippen molar-refractivity contribution in [1.82, 2.24) is 4.90 Å².